The minimum atomic E-state index is -2.13. The highest BCUT2D eigenvalue weighted by Crippen LogP contribution is 2.46. The number of carbonyl (C=O) groups is 5. The average Bonchev–Trinajstić information content (AvgIpc) is 3.84. The molecule has 3 heterocycles. The number of benzene rings is 1. The molecule has 322 valence electrons. The summed E-state index contributed by atoms with van der Waals surface area (Å²) >= 11 is 6.72. The van der Waals surface area contributed by atoms with Crippen LogP contribution < -0.4 is 32.2 Å². The fourth-order valence-electron chi connectivity index (χ4n) is 6.66. The number of primary amides is 1. The number of nitrogens with zero attached hydrogens (tertiary/aromatic N) is 2. The van der Waals surface area contributed by atoms with E-state index in [4.69, 9.17) is 47.7 Å². The molecule has 4 bridgehead atoms. The number of halogens is 1. The number of amides is 4. The van der Waals surface area contributed by atoms with Gasteiger partial charge in [0.2, 0.25) is 17.7 Å². The van der Waals surface area contributed by atoms with Crippen molar-refractivity contribution < 1.29 is 53.1 Å². The molecule has 0 spiro atoms. The Morgan fingerprint density at radius 3 is 2.60 bits per heavy atom. The lowest BCUT2D eigenvalue weighted by Gasteiger charge is -2.41. The van der Waals surface area contributed by atoms with Crippen LogP contribution in [0.15, 0.2) is 35.9 Å². The predicted molar refractivity (Wildman–Crippen MR) is 220 cm³/mol. The Morgan fingerprint density at radius 2 is 1.95 bits per heavy atom. The van der Waals surface area contributed by atoms with E-state index in [0.29, 0.717) is 29.9 Å². The van der Waals surface area contributed by atoms with E-state index < -0.39 is 83.0 Å². The minimum Gasteiger partial charge on any atom is -0.495 e. The van der Waals surface area contributed by atoms with Crippen molar-refractivity contribution in [3.05, 3.63) is 46.5 Å². The number of alkyl carbamates (subject to hydrolysis) is 1. The molecule has 3 aliphatic rings. The highest BCUT2D eigenvalue weighted by atomic mass is 35.5. The number of anilines is 1. The summed E-state index contributed by atoms with van der Waals surface area (Å²) in [5.74, 6) is -2.33. The van der Waals surface area contributed by atoms with E-state index in [-0.39, 0.29) is 35.9 Å². The average molecular weight is 871 g/mol. The summed E-state index contributed by atoms with van der Waals surface area (Å²) in [5.41, 5.74) is 16.2. The van der Waals surface area contributed by atoms with Crippen LogP contribution in [0.4, 0.5) is 10.5 Å². The fourth-order valence-corrected chi connectivity index (χ4v) is 9.56. The monoisotopic (exact) mass is 870 g/mol. The van der Waals surface area contributed by atoms with Gasteiger partial charge in [0.05, 0.1) is 19.2 Å². The Hall–Kier alpha value is -3.56. The van der Waals surface area contributed by atoms with Crippen molar-refractivity contribution in [1.29, 1.82) is 0 Å². The molecular weight excluding hydrogens is 816 g/mol. The third kappa shape index (κ3) is 11.6. The topological polar surface area (TPSA) is 263 Å². The highest BCUT2D eigenvalue weighted by molar-refractivity contribution is 8.77. The number of nitrogens with two attached hydrogens (primary N) is 3. The van der Waals surface area contributed by atoms with Gasteiger partial charge < -0.3 is 50.4 Å². The molecule has 9 N–H and O–H groups in total. The number of allylic oxidation sites excluding steroid dienone is 3. The van der Waals surface area contributed by atoms with Gasteiger partial charge in [0.1, 0.15) is 29.1 Å². The smallest absolute Gasteiger partial charge is 0.409 e. The number of aliphatic hydroxyl groups is 2. The normalized spacial score (nSPS) is 29.8. The van der Waals surface area contributed by atoms with Gasteiger partial charge in [-0.15, -0.1) is 0 Å². The Kier molecular flexibility index (Phi) is 15.6. The van der Waals surface area contributed by atoms with Crippen LogP contribution >= 0.6 is 33.2 Å². The molecule has 20 heteroatoms. The van der Waals surface area contributed by atoms with E-state index in [1.807, 2.05) is 20.8 Å². The number of carbonyl (C=O) groups excluding carboxylic acids is 5. The number of methoxy groups -OCH3 is 1. The summed E-state index contributed by atoms with van der Waals surface area (Å²) in [7, 11) is 7.22. The Labute approximate surface area is 351 Å². The molecule has 0 aliphatic carbocycles. The van der Waals surface area contributed by atoms with E-state index >= 15 is 0 Å². The number of fused-ring (bicyclic) bond motifs is 5. The van der Waals surface area contributed by atoms with Gasteiger partial charge in [0.25, 0.3) is 0 Å². The molecule has 2 fully saturated rings. The molecule has 4 rings (SSSR count). The van der Waals surface area contributed by atoms with Crippen molar-refractivity contribution in [2.45, 2.75) is 113 Å². The molecule has 0 saturated carbocycles. The van der Waals surface area contributed by atoms with Crippen LogP contribution in [0.1, 0.15) is 65.4 Å². The Morgan fingerprint density at radius 1 is 1.26 bits per heavy atom. The summed E-state index contributed by atoms with van der Waals surface area (Å²) in [6.45, 7) is 7.20. The molecule has 2 saturated heterocycles. The molecule has 58 heavy (non-hydrogen) atoms. The second-order valence-corrected chi connectivity index (χ2v) is 19.0. The highest BCUT2D eigenvalue weighted by Gasteiger charge is 2.65. The van der Waals surface area contributed by atoms with Gasteiger partial charge in [-0.25, -0.2) is 9.59 Å². The second kappa shape index (κ2) is 19.2. The van der Waals surface area contributed by atoms with Crippen molar-refractivity contribution in [2.24, 2.45) is 23.1 Å². The molecular formula is C38H55ClN6O11S2. The standard InChI is InChI=1S/C38H55ClN6O11S2/c1-20-10-8-11-26(46)37(52)18-25(54-35(51)43-37)21(2)32-38(42,56-32)27(17-29(48)44(5)23-15-22(14-20)16-24(53-7)31(23)39)55-34(50)33(41)45(6)30(49)19-36(3,4)58-57-13-9-12-28(40)47/h8,10-11,15-16,21,25-27,32-33,46,52H,9,12-14,17-19,41-42H2,1-7H3,(H2,40,47)(H,43,51)/b11-8+,20-10+/t21-,25+,26-,27+,32+,33-,37+,38+/m1/s1. The molecule has 1 aromatic rings. The summed E-state index contributed by atoms with van der Waals surface area (Å²) in [6, 6.07) is 3.43. The van der Waals surface area contributed by atoms with E-state index in [2.05, 4.69) is 5.32 Å². The number of nitrogens with one attached hydrogen (secondary N) is 1. The molecule has 0 radical (unpaired) electrons. The van der Waals surface area contributed by atoms with Crippen molar-refractivity contribution in [1.82, 2.24) is 10.2 Å². The maximum absolute atomic E-state index is 14.1. The first-order valence-electron chi connectivity index (χ1n) is 18.7. The summed E-state index contributed by atoms with van der Waals surface area (Å²) in [4.78, 5) is 67.3. The lowest BCUT2D eigenvalue weighted by molar-refractivity contribution is -0.163. The molecule has 4 amide bonds. The van der Waals surface area contributed by atoms with Crippen molar-refractivity contribution >= 4 is 68.7 Å². The van der Waals surface area contributed by atoms with Gasteiger partial charge in [0.15, 0.2) is 23.7 Å². The quantitative estimate of drug-likeness (QED) is 0.0580. The van der Waals surface area contributed by atoms with E-state index in [1.54, 1.807) is 31.2 Å². The second-order valence-electron chi connectivity index (χ2n) is 15.5. The Bertz CT molecular complexity index is 1800. The van der Waals surface area contributed by atoms with Gasteiger partial charge in [-0.3, -0.25) is 25.4 Å². The van der Waals surface area contributed by atoms with Crippen LogP contribution in [0.2, 0.25) is 5.02 Å². The first-order valence-corrected chi connectivity index (χ1v) is 21.3. The van der Waals surface area contributed by atoms with Gasteiger partial charge >= 0.3 is 12.1 Å². The minimum absolute atomic E-state index is 0.00138. The molecule has 17 nitrogen and oxygen atoms in total. The number of ether oxygens (including phenoxy) is 4. The fraction of sp³-hybridized carbons (Fsp3) is 0.605. The van der Waals surface area contributed by atoms with E-state index in [1.165, 1.54) is 53.8 Å². The third-order valence-corrected chi connectivity index (χ3v) is 14.0. The maximum Gasteiger partial charge on any atom is 0.409 e. The van der Waals surface area contributed by atoms with E-state index in [0.717, 1.165) is 10.5 Å². The Balaban J connectivity index is 1.64. The SMILES string of the molecule is COc1cc2cc(c1Cl)N(C)C(=O)C[C@H](OC(=O)[C@H](N)N(C)C(=O)CC(C)(C)SSCCCC(N)=O)[C@]1(N)O[C@H]1[C@H](C)[C@@H]1C[C@@](O)(NC(=O)O1)[C@H](O)/C=C/C=C(\C)C2. The van der Waals surface area contributed by atoms with Crippen LogP contribution in [-0.2, 0) is 39.8 Å². The van der Waals surface area contributed by atoms with Crippen LogP contribution in [0.25, 0.3) is 0 Å². The first-order chi connectivity index (χ1) is 27.0. The summed E-state index contributed by atoms with van der Waals surface area (Å²) < 4.78 is 22.3. The van der Waals surface area contributed by atoms with Gasteiger partial charge in [-0.1, -0.05) is 63.9 Å². The summed E-state index contributed by atoms with van der Waals surface area (Å²) in [6.07, 6.45) is -2.69. The van der Waals surface area contributed by atoms with Crippen LogP contribution in [-0.4, -0.2) is 119 Å². The molecule has 3 aliphatic heterocycles. The van der Waals surface area contributed by atoms with Crippen molar-refractivity contribution in [3.8, 4) is 5.75 Å². The maximum atomic E-state index is 14.1. The number of epoxide rings is 1. The number of likely N-dealkylation sites (N-methyl/N-ethyl adjacent to an activating group) is 1. The van der Waals surface area contributed by atoms with Gasteiger partial charge in [0, 0.05) is 49.8 Å². The van der Waals surface area contributed by atoms with Crippen LogP contribution in [0.3, 0.4) is 0 Å². The zero-order chi connectivity index (χ0) is 43.3. The summed E-state index contributed by atoms with van der Waals surface area (Å²) in [5, 5.41) is 24.9. The van der Waals surface area contributed by atoms with Crippen LogP contribution in [0, 0.1) is 5.92 Å². The molecule has 1 aromatic carbocycles. The predicted octanol–water partition coefficient (Wildman–Crippen LogP) is 2.47. The first kappa shape index (κ1) is 47.1. The number of esters is 1. The number of hydrogen-bond acceptors (Lipinski definition) is 15. The van der Waals surface area contributed by atoms with Crippen molar-refractivity contribution in [2.75, 3.05) is 31.9 Å². The van der Waals surface area contributed by atoms with Gasteiger partial charge in [-0.2, -0.15) is 0 Å². The molecule has 0 unspecified atom stereocenters. The lowest BCUT2D eigenvalue weighted by Crippen LogP contribution is -2.63. The zero-order valence-electron chi connectivity index (χ0n) is 33.7. The van der Waals surface area contributed by atoms with E-state index in [9.17, 15) is 34.2 Å². The number of rotatable bonds is 12. The number of hydrogen-bond donors (Lipinski definition) is 6. The van der Waals surface area contributed by atoms with Crippen LogP contribution in [0.5, 0.6) is 5.75 Å². The molecule has 8 atom stereocenters. The third-order valence-electron chi connectivity index (χ3n) is 10.2. The zero-order valence-corrected chi connectivity index (χ0v) is 36.1. The number of aliphatic hydroxyl groups excluding tert-OH is 1. The van der Waals surface area contributed by atoms with Crippen molar-refractivity contribution in [3.63, 3.8) is 0 Å². The largest absolute Gasteiger partial charge is 0.495 e. The lowest BCUT2D eigenvalue weighted by atomic mass is 9.86. The molecule has 0 aromatic heterocycles. The van der Waals surface area contributed by atoms with Gasteiger partial charge in [-0.05, 0) is 51.3 Å².